The molecular weight excluding hydrogens is 432 g/mol. The molecule has 3 rings (SSSR count). The molecule has 7 nitrogen and oxygen atoms in total. The Hall–Kier alpha value is -4.39. The first-order valence-electron chi connectivity index (χ1n) is 10.8. The fourth-order valence-corrected chi connectivity index (χ4v) is 2.96. The van der Waals surface area contributed by atoms with Crippen molar-refractivity contribution in [3.63, 3.8) is 0 Å². The molecule has 0 radical (unpaired) electrons. The Kier molecular flexibility index (Phi) is 8.99. The lowest BCUT2D eigenvalue weighted by Gasteiger charge is -2.08. The third-order valence-corrected chi connectivity index (χ3v) is 4.63. The molecule has 2 N–H and O–H groups in total. The van der Waals surface area contributed by atoms with Gasteiger partial charge in [0.25, 0.3) is 11.8 Å². The molecule has 0 spiro atoms. The molecule has 174 valence electrons. The largest absolute Gasteiger partial charge is 0.489 e. The van der Waals surface area contributed by atoms with Gasteiger partial charge in [0, 0.05) is 23.9 Å². The molecule has 0 saturated carbocycles. The monoisotopic (exact) mass is 458 g/mol. The van der Waals surface area contributed by atoms with Crippen molar-refractivity contribution in [2.45, 2.75) is 13.5 Å². The molecule has 2 amide bonds. The summed E-state index contributed by atoms with van der Waals surface area (Å²) in [7, 11) is 0. The van der Waals surface area contributed by atoms with Gasteiger partial charge in [-0.25, -0.2) is 4.79 Å². The highest BCUT2D eigenvalue weighted by Gasteiger charge is 2.09. The summed E-state index contributed by atoms with van der Waals surface area (Å²) < 4.78 is 10.7. The van der Waals surface area contributed by atoms with E-state index in [0.717, 1.165) is 16.9 Å². The number of amides is 2. The second-order valence-corrected chi connectivity index (χ2v) is 7.27. The maximum absolute atomic E-state index is 12.1. The normalized spacial score (nSPS) is 10.5. The molecule has 0 saturated heterocycles. The zero-order valence-electron chi connectivity index (χ0n) is 18.8. The first-order valence-corrected chi connectivity index (χ1v) is 10.8. The van der Waals surface area contributed by atoms with Crippen LogP contribution in [0.1, 0.15) is 28.4 Å². The van der Waals surface area contributed by atoms with Gasteiger partial charge in [-0.3, -0.25) is 9.59 Å². The number of carbonyl (C=O) groups is 3. The molecule has 0 bridgehead atoms. The zero-order chi connectivity index (χ0) is 24.2. The van der Waals surface area contributed by atoms with Crippen molar-refractivity contribution in [3.05, 3.63) is 102 Å². The summed E-state index contributed by atoms with van der Waals surface area (Å²) in [6.07, 6.45) is 2.85. The van der Waals surface area contributed by atoms with E-state index in [2.05, 4.69) is 10.6 Å². The van der Waals surface area contributed by atoms with Crippen molar-refractivity contribution in [2.75, 3.05) is 18.5 Å². The lowest BCUT2D eigenvalue weighted by molar-refractivity contribution is -0.142. The summed E-state index contributed by atoms with van der Waals surface area (Å²) in [6, 6.07) is 23.6. The van der Waals surface area contributed by atoms with Crippen LogP contribution in [0.15, 0.2) is 84.9 Å². The number of ether oxygens (including phenoxy) is 2. The second-order valence-electron chi connectivity index (χ2n) is 7.27. The Morgan fingerprint density at radius 1 is 0.912 bits per heavy atom. The third kappa shape index (κ3) is 7.94. The maximum Gasteiger partial charge on any atom is 0.331 e. The summed E-state index contributed by atoms with van der Waals surface area (Å²) >= 11 is 0. The quantitative estimate of drug-likeness (QED) is 0.351. The Labute approximate surface area is 198 Å². The van der Waals surface area contributed by atoms with Gasteiger partial charge in [-0.2, -0.15) is 0 Å². The van der Waals surface area contributed by atoms with E-state index in [0.29, 0.717) is 24.4 Å². The Bertz CT molecular complexity index is 1140. The highest BCUT2D eigenvalue weighted by atomic mass is 16.5. The fourth-order valence-electron chi connectivity index (χ4n) is 2.96. The first-order chi connectivity index (χ1) is 16.5. The molecule has 0 aliphatic heterocycles. The number of rotatable bonds is 10. The van der Waals surface area contributed by atoms with Crippen LogP contribution in [0.25, 0.3) is 6.08 Å². The van der Waals surface area contributed by atoms with Gasteiger partial charge >= 0.3 is 5.97 Å². The lowest BCUT2D eigenvalue weighted by Crippen LogP contribution is -2.23. The van der Waals surface area contributed by atoms with E-state index in [1.54, 1.807) is 30.3 Å². The van der Waals surface area contributed by atoms with Crippen LogP contribution in [0.4, 0.5) is 5.69 Å². The summed E-state index contributed by atoms with van der Waals surface area (Å²) in [5, 5.41) is 5.29. The van der Waals surface area contributed by atoms with Gasteiger partial charge in [0.05, 0.1) is 0 Å². The second kappa shape index (κ2) is 12.6. The molecule has 0 heterocycles. The third-order valence-electron chi connectivity index (χ3n) is 4.63. The average molecular weight is 459 g/mol. The fraction of sp³-hybridized carbons (Fsp3) is 0.148. The molecule has 0 aliphatic carbocycles. The summed E-state index contributed by atoms with van der Waals surface area (Å²) in [5.41, 5.74) is 2.73. The van der Waals surface area contributed by atoms with Crippen molar-refractivity contribution >= 4 is 29.5 Å². The van der Waals surface area contributed by atoms with E-state index in [-0.39, 0.29) is 5.91 Å². The van der Waals surface area contributed by atoms with Crippen LogP contribution in [0.5, 0.6) is 5.75 Å². The van der Waals surface area contributed by atoms with Gasteiger partial charge in [-0.15, -0.1) is 0 Å². The van der Waals surface area contributed by atoms with Gasteiger partial charge in [0.15, 0.2) is 6.61 Å². The molecule has 0 unspecified atom stereocenters. The van der Waals surface area contributed by atoms with E-state index in [9.17, 15) is 14.4 Å². The minimum Gasteiger partial charge on any atom is -0.489 e. The standard InChI is InChI=1S/C27H26N2O5/c1-2-28-27(32)22-9-6-10-23(17-22)29-25(30)19-34-26(31)16-13-20-11-14-24(15-12-20)33-18-21-7-4-3-5-8-21/h3-17H,2,18-19H2,1H3,(H,28,32)(H,29,30)/b16-13+. The van der Waals surface area contributed by atoms with Crippen LogP contribution >= 0.6 is 0 Å². The molecule has 3 aromatic rings. The van der Waals surface area contributed by atoms with Crippen molar-refractivity contribution in [3.8, 4) is 5.75 Å². The number of esters is 1. The van der Waals surface area contributed by atoms with Crippen LogP contribution in [0.3, 0.4) is 0 Å². The molecule has 0 aromatic heterocycles. The molecule has 3 aromatic carbocycles. The molecule has 7 heteroatoms. The number of hydrogen-bond acceptors (Lipinski definition) is 5. The van der Waals surface area contributed by atoms with Crippen LogP contribution in [0, 0.1) is 0 Å². The zero-order valence-corrected chi connectivity index (χ0v) is 18.8. The number of anilines is 1. The minimum absolute atomic E-state index is 0.231. The van der Waals surface area contributed by atoms with Crippen molar-refractivity contribution in [1.29, 1.82) is 0 Å². The molecular formula is C27H26N2O5. The molecule has 0 fully saturated rings. The molecule has 0 aliphatic rings. The average Bonchev–Trinajstić information content (AvgIpc) is 2.86. The van der Waals surface area contributed by atoms with E-state index < -0.39 is 18.5 Å². The maximum atomic E-state index is 12.1. The van der Waals surface area contributed by atoms with Crippen LogP contribution in [0.2, 0.25) is 0 Å². The van der Waals surface area contributed by atoms with Crippen molar-refractivity contribution in [1.82, 2.24) is 5.32 Å². The van der Waals surface area contributed by atoms with Crippen LogP contribution in [-0.4, -0.2) is 30.9 Å². The van der Waals surface area contributed by atoms with Crippen molar-refractivity contribution in [2.24, 2.45) is 0 Å². The summed E-state index contributed by atoms with van der Waals surface area (Å²) in [4.78, 5) is 35.9. The predicted molar refractivity (Wildman–Crippen MR) is 130 cm³/mol. The summed E-state index contributed by atoms with van der Waals surface area (Å²) in [5.74, 6) is -0.659. The number of hydrogen-bond donors (Lipinski definition) is 2. The van der Waals surface area contributed by atoms with Gasteiger partial charge < -0.3 is 20.1 Å². The molecule has 34 heavy (non-hydrogen) atoms. The van der Waals surface area contributed by atoms with Gasteiger partial charge in [-0.1, -0.05) is 48.5 Å². The smallest absolute Gasteiger partial charge is 0.331 e. The van der Waals surface area contributed by atoms with Crippen LogP contribution in [-0.2, 0) is 20.9 Å². The van der Waals surface area contributed by atoms with Gasteiger partial charge in [0.2, 0.25) is 0 Å². The SMILES string of the molecule is CCNC(=O)c1cccc(NC(=O)COC(=O)/C=C/c2ccc(OCc3ccccc3)cc2)c1. The Morgan fingerprint density at radius 3 is 2.41 bits per heavy atom. The first kappa shape index (κ1) is 24.3. The Balaban J connectivity index is 1.42. The van der Waals surface area contributed by atoms with E-state index in [1.807, 2.05) is 61.5 Å². The van der Waals surface area contributed by atoms with Gasteiger partial charge in [0.1, 0.15) is 12.4 Å². The van der Waals surface area contributed by atoms with E-state index >= 15 is 0 Å². The Morgan fingerprint density at radius 2 is 1.68 bits per heavy atom. The highest BCUT2D eigenvalue weighted by molar-refractivity contribution is 5.98. The number of benzene rings is 3. The number of nitrogens with one attached hydrogen (secondary N) is 2. The van der Waals surface area contributed by atoms with Crippen molar-refractivity contribution < 1.29 is 23.9 Å². The lowest BCUT2D eigenvalue weighted by atomic mass is 10.2. The molecule has 0 atom stereocenters. The predicted octanol–water partition coefficient (Wildman–Crippen LogP) is 4.21. The topological polar surface area (TPSA) is 93.7 Å². The summed E-state index contributed by atoms with van der Waals surface area (Å²) in [6.45, 7) is 2.36. The van der Waals surface area contributed by atoms with E-state index in [1.165, 1.54) is 6.08 Å². The number of carbonyl (C=O) groups excluding carboxylic acids is 3. The van der Waals surface area contributed by atoms with E-state index in [4.69, 9.17) is 9.47 Å². The van der Waals surface area contributed by atoms with Gasteiger partial charge in [-0.05, 0) is 54.5 Å². The van der Waals surface area contributed by atoms with Crippen LogP contribution < -0.4 is 15.4 Å². The highest BCUT2D eigenvalue weighted by Crippen LogP contribution is 2.15. The minimum atomic E-state index is -0.643.